The predicted molar refractivity (Wildman–Crippen MR) is 378 cm³/mol. The maximum absolute atomic E-state index is 5.29. The van der Waals surface area contributed by atoms with E-state index in [0.29, 0.717) is 0 Å². The van der Waals surface area contributed by atoms with E-state index in [1.807, 2.05) is 18.5 Å². The fourth-order valence-electron chi connectivity index (χ4n) is 12.3. The van der Waals surface area contributed by atoms with Crippen molar-refractivity contribution in [2.24, 2.45) is 0 Å². The van der Waals surface area contributed by atoms with Crippen molar-refractivity contribution in [1.82, 2.24) is 15.0 Å². The van der Waals surface area contributed by atoms with Gasteiger partial charge in [-0.15, -0.1) is 82.9 Å². The van der Waals surface area contributed by atoms with Gasteiger partial charge in [-0.05, 0) is 136 Å². The van der Waals surface area contributed by atoms with Crippen LogP contribution in [0.25, 0.3) is 134 Å². The molecule has 0 fully saturated rings. The van der Waals surface area contributed by atoms with Crippen LogP contribution >= 0.6 is 0 Å². The van der Waals surface area contributed by atoms with E-state index in [1.165, 1.54) is 16.7 Å². The molecule has 0 amide bonds. The van der Waals surface area contributed by atoms with Gasteiger partial charge in [0.05, 0.1) is 0 Å². The molecule has 0 aliphatic heterocycles. The zero-order valence-corrected chi connectivity index (χ0v) is 55.6. The molecular formula is C87H72IrN3. The van der Waals surface area contributed by atoms with Crippen LogP contribution in [-0.4, -0.2) is 15.0 Å². The van der Waals surface area contributed by atoms with Crippen LogP contribution in [0.5, 0.6) is 0 Å². The number of aromatic nitrogens is 3. The zero-order chi connectivity index (χ0) is 62.2. The molecule has 10 aromatic carbocycles. The fraction of sp³-hybridized carbons (Fsp3) is 0.138. The third-order valence-corrected chi connectivity index (χ3v) is 17.3. The predicted octanol–water partition coefficient (Wildman–Crippen LogP) is 23.2. The van der Waals surface area contributed by atoms with Crippen LogP contribution in [0, 0.1) is 18.2 Å². The Balaban J connectivity index is 0.00000800. The van der Waals surface area contributed by atoms with Crippen molar-refractivity contribution in [2.45, 2.75) is 78.6 Å². The number of hydrogen-bond donors (Lipinski definition) is 0. The number of pyridine rings is 3. The molecule has 0 radical (unpaired) electrons. The molecule has 13 rings (SSSR count). The first-order valence-electron chi connectivity index (χ1n) is 31.2. The minimum Gasteiger partial charge on any atom is -0.305 e. The number of rotatable bonds is 12. The van der Waals surface area contributed by atoms with Gasteiger partial charge in [0, 0.05) is 24.2 Å². The third-order valence-electron chi connectivity index (χ3n) is 17.3. The molecule has 0 aliphatic rings. The molecule has 0 aliphatic carbocycles. The SMILES string of the molecule is CC(C)(C)c1cc[c-]c(-c2cc(-c3ccccc3)c(-c3ccccc3-c3cc(-c4ccccc4-c4c[c-]c(-c5cc(C(C)(C)C)ccn5)cc4-c4ccccc4)cc(-c4ccccc4-c4c[c-]c(-c5cc(C(C)(C)C)ccn5)cc4-c4ccccc4)c3)cn2)c1.[Ir+3]. The van der Waals surface area contributed by atoms with E-state index in [0.717, 1.165) is 134 Å². The second-order valence-electron chi connectivity index (χ2n) is 26.6. The van der Waals surface area contributed by atoms with Gasteiger partial charge in [0.2, 0.25) is 0 Å². The largest absolute Gasteiger partial charge is 3.00 e. The molecule has 3 nitrogen and oxygen atoms in total. The van der Waals surface area contributed by atoms with E-state index in [4.69, 9.17) is 15.0 Å². The summed E-state index contributed by atoms with van der Waals surface area (Å²) in [6, 6.07) is 103. The molecule has 91 heavy (non-hydrogen) atoms. The van der Waals surface area contributed by atoms with Gasteiger partial charge in [0.15, 0.2) is 0 Å². The maximum atomic E-state index is 5.29. The quantitative estimate of drug-likeness (QED) is 0.114. The maximum Gasteiger partial charge on any atom is 3.00 e. The molecule has 13 aromatic rings. The minimum absolute atomic E-state index is 0. The standard InChI is InChI=1S/C87H72N3.Ir/c1-85(2,3)67-33-25-32-61(51-67)84-56-80(60-30-17-12-18-31-60)81(57-90-84)75-39-24-21-36-72(75)66-49-64(70-34-19-22-37-73(70)76-42-40-62(52-78(76)58-26-13-10-14-27-58)82-54-68(44-46-88-82)86(4,5)6)48-65(50-66)71-35-20-23-38-74(71)77-43-41-63(53-79(77)59-28-15-11-16-29-59)83-55-69(45-47-89-83)87(7,8)9;/h10-31,33-39,42-57H,1-9H3;/q-3;+3. The Morgan fingerprint density at radius 2 is 0.582 bits per heavy atom. The number of hydrogen-bond acceptors (Lipinski definition) is 3. The summed E-state index contributed by atoms with van der Waals surface area (Å²) in [6.45, 7) is 20.2. The molecule has 0 N–H and O–H groups in total. The third kappa shape index (κ3) is 13.0. The van der Waals surface area contributed by atoms with Gasteiger partial charge in [-0.25, -0.2) is 0 Å². The molecule has 0 saturated carbocycles. The van der Waals surface area contributed by atoms with Gasteiger partial charge in [0.25, 0.3) is 0 Å². The van der Waals surface area contributed by atoms with Crippen molar-refractivity contribution >= 4 is 0 Å². The van der Waals surface area contributed by atoms with Crippen LogP contribution in [0.1, 0.15) is 79.0 Å². The van der Waals surface area contributed by atoms with Crippen molar-refractivity contribution in [2.75, 3.05) is 0 Å². The molecule has 0 spiro atoms. The Labute approximate surface area is 552 Å². The van der Waals surface area contributed by atoms with Crippen molar-refractivity contribution in [1.29, 1.82) is 0 Å². The first-order valence-corrected chi connectivity index (χ1v) is 31.2. The van der Waals surface area contributed by atoms with Crippen LogP contribution in [0.15, 0.2) is 273 Å². The monoisotopic (exact) mass is 1350 g/mol. The summed E-state index contributed by atoms with van der Waals surface area (Å²) in [5.41, 5.74) is 28.7. The van der Waals surface area contributed by atoms with Crippen molar-refractivity contribution in [3.8, 4) is 134 Å². The van der Waals surface area contributed by atoms with Crippen LogP contribution in [-0.2, 0) is 36.4 Å². The first kappa shape index (κ1) is 61.5. The first-order chi connectivity index (χ1) is 43.5. The summed E-state index contributed by atoms with van der Waals surface area (Å²) >= 11 is 0. The topological polar surface area (TPSA) is 38.7 Å². The number of benzene rings is 10. The van der Waals surface area contributed by atoms with Gasteiger partial charge < -0.3 is 15.0 Å². The second-order valence-corrected chi connectivity index (χ2v) is 26.6. The summed E-state index contributed by atoms with van der Waals surface area (Å²) in [5, 5.41) is 0. The summed E-state index contributed by atoms with van der Waals surface area (Å²) in [4.78, 5) is 15.1. The van der Waals surface area contributed by atoms with Crippen LogP contribution in [0.2, 0.25) is 0 Å². The van der Waals surface area contributed by atoms with Gasteiger partial charge in [-0.2, -0.15) is 0 Å². The van der Waals surface area contributed by atoms with E-state index in [9.17, 15) is 0 Å². The van der Waals surface area contributed by atoms with Crippen LogP contribution in [0.4, 0.5) is 0 Å². The van der Waals surface area contributed by atoms with E-state index < -0.39 is 0 Å². The minimum atomic E-state index is -0.0407. The van der Waals surface area contributed by atoms with Crippen LogP contribution < -0.4 is 0 Å². The summed E-state index contributed by atoms with van der Waals surface area (Å²) in [6.07, 6.45) is 5.93. The average molecular weight is 1350 g/mol. The Morgan fingerprint density at radius 1 is 0.253 bits per heavy atom. The Bertz CT molecular complexity index is 4260. The normalized spacial score (nSPS) is 11.7. The summed E-state index contributed by atoms with van der Waals surface area (Å²) < 4.78 is 0. The summed E-state index contributed by atoms with van der Waals surface area (Å²) in [5.74, 6) is 0. The molecule has 4 heteroatoms. The van der Waals surface area contributed by atoms with Gasteiger partial charge in [0.1, 0.15) is 0 Å². The van der Waals surface area contributed by atoms with Crippen molar-refractivity contribution in [3.63, 3.8) is 0 Å². The molecule has 0 atom stereocenters. The molecule has 0 saturated heterocycles. The smallest absolute Gasteiger partial charge is 0.305 e. The van der Waals surface area contributed by atoms with Crippen molar-refractivity contribution < 1.29 is 20.1 Å². The van der Waals surface area contributed by atoms with Gasteiger partial charge in [-0.1, -0.05) is 278 Å². The Kier molecular flexibility index (Phi) is 17.3. The average Bonchev–Trinajstić information content (AvgIpc) is 0.901. The molecular weight excluding hydrogens is 1280 g/mol. The van der Waals surface area contributed by atoms with E-state index in [-0.39, 0.29) is 36.4 Å². The fourth-order valence-corrected chi connectivity index (χ4v) is 12.3. The van der Waals surface area contributed by atoms with Gasteiger partial charge >= 0.3 is 20.1 Å². The Morgan fingerprint density at radius 3 is 0.978 bits per heavy atom. The van der Waals surface area contributed by atoms with E-state index in [1.54, 1.807) is 0 Å². The van der Waals surface area contributed by atoms with E-state index >= 15 is 0 Å². The molecule has 444 valence electrons. The van der Waals surface area contributed by atoms with E-state index in [2.05, 4.69) is 335 Å². The number of nitrogens with zero attached hydrogens (tertiary/aromatic N) is 3. The molecule has 3 heterocycles. The van der Waals surface area contributed by atoms with Crippen molar-refractivity contribution in [3.05, 3.63) is 308 Å². The Hall–Kier alpha value is -9.70. The zero-order valence-electron chi connectivity index (χ0n) is 53.2. The second kappa shape index (κ2) is 25.7. The molecule has 3 aromatic heterocycles. The van der Waals surface area contributed by atoms with Crippen LogP contribution in [0.3, 0.4) is 0 Å². The molecule has 0 bridgehead atoms. The van der Waals surface area contributed by atoms with Gasteiger partial charge in [-0.3, -0.25) is 0 Å². The summed E-state index contributed by atoms with van der Waals surface area (Å²) in [7, 11) is 0. The molecule has 0 unspecified atom stereocenters.